The summed E-state index contributed by atoms with van der Waals surface area (Å²) >= 11 is 0. The quantitative estimate of drug-likeness (QED) is 0.0386. The Kier molecular flexibility index (Phi) is 14.7. The van der Waals surface area contributed by atoms with Crippen molar-refractivity contribution in [1.82, 2.24) is 4.98 Å². The number of methoxy groups -OCH3 is 1. The molecular weight excluding hydrogens is 867 g/mol. The lowest BCUT2D eigenvalue weighted by atomic mass is 9.78. The number of phenols is 2. The standard InChI is InChI=1S/C50H65N3O14/c1-23(2)53(11,12)18-20-63-31-21-32(55)38-34(22-31)66-47-39(51-38)35-36-43(58)29(8)46-37(35)48(60)50(10,67-46)64-19-17-33(62-13)26(5)45(65-30(9)54)28(7)42(57)27(6)41(56)24(3)15-14-16-25(4)49(61)52-40(47)44(36)59/h14-17,19,21-24,26-28,33,41-42,45,48,56-57,60H,18,20H2,1-13H3,(H2-,51,52,55,58,59,61)/p+1/b15-14+,19-17+,25-16-/t24-,26+,27+,28+,33-,41-,42+,45+,48?,50-/m0/s1. The number of likely N-dealkylation sites (N-methyl/N-ethyl adjacent to an activating group) is 1. The van der Waals surface area contributed by atoms with Crippen molar-refractivity contribution in [1.29, 1.82) is 0 Å². The molecule has 0 saturated heterocycles. The van der Waals surface area contributed by atoms with Crippen molar-refractivity contribution in [3.05, 3.63) is 69.6 Å². The molecule has 6 N–H and O–H groups in total. The van der Waals surface area contributed by atoms with Crippen LogP contribution in [0.1, 0.15) is 79.5 Å². The average molecular weight is 933 g/mol. The first kappa shape index (κ1) is 50.7. The van der Waals surface area contributed by atoms with Crippen molar-refractivity contribution >= 4 is 50.5 Å². The van der Waals surface area contributed by atoms with Crippen LogP contribution in [0.15, 0.2) is 57.5 Å². The molecule has 4 bridgehead atoms. The summed E-state index contributed by atoms with van der Waals surface area (Å²) in [5.41, 5.74) is -1.21. The van der Waals surface area contributed by atoms with E-state index in [0.717, 1.165) is 0 Å². The number of hydrogen-bond donors (Lipinski definition) is 6. The van der Waals surface area contributed by atoms with Crippen molar-refractivity contribution in [2.75, 3.05) is 39.7 Å². The second kappa shape index (κ2) is 19.5. The van der Waals surface area contributed by atoms with Gasteiger partial charge in [0.2, 0.25) is 0 Å². The van der Waals surface area contributed by atoms with Crippen LogP contribution in [0.4, 0.5) is 5.69 Å². The number of benzene rings is 3. The lowest BCUT2D eigenvalue weighted by Crippen LogP contribution is -2.48. The Labute approximate surface area is 389 Å². The van der Waals surface area contributed by atoms with E-state index in [4.69, 9.17) is 33.1 Å². The molecule has 2 aliphatic heterocycles. The van der Waals surface area contributed by atoms with E-state index in [0.29, 0.717) is 23.7 Å². The highest BCUT2D eigenvalue weighted by Gasteiger charge is 2.49. The van der Waals surface area contributed by atoms with E-state index < -0.39 is 83.0 Å². The number of anilines is 1. The zero-order chi connectivity index (χ0) is 49.6. The highest BCUT2D eigenvalue weighted by molar-refractivity contribution is 6.19. The summed E-state index contributed by atoms with van der Waals surface area (Å²) in [4.78, 5) is 45.7. The molecule has 17 heteroatoms. The highest BCUT2D eigenvalue weighted by atomic mass is 16.7. The van der Waals surface area contributed by atoms with Gasteiger partial charge in [-0.1, -0.05) is 45.9 Å². The fourth-order valence-electron chi connectivity index (χ4n) is 8.76. The van der Waals surface area contributed by atoms with Gasteiger partial charge in [0.05, 0.1) is 50.1 Å². The van der Waals surface area contributed by atoms with Gasteiger partial charge in [0.1, 0.15) is 53.2 Å². The van der Waals surface area contributed by atoms with Gasteiger partial charge in [-0.05, 0) is 33.8 Å². The molecule has 17 nitrogen and oxygen atoms in total. The first-order valence-electron chi connectivity index (χ1n) is 22.6. The summed E-state index contributed by atoms with van der Waals surface area (Å²) < 4.78 is 37.2. The third-order valence-electron chi connectivity index (χ3n) is 13.9. The topological polar surface area (TPSA) is 237 Å². The van der Waals surface area contributed by atoms with Gasteiger partial charge in [-0.3, -0.25) is 14.4 Å². The van der Waals surface area contributed by atoms with Crippen LogP contribution in [0.5, 0.6) is 23.0 Å². The van der Waals surface area contributed by atoms with Crippen LogP contribution in [-0.2, 0) is 23.8 Å². The Morgan fingerprint density at radius 3 is 2.30 bits per heavy atom. The minimum Gasteiger partial charge on any atom is -0.505 e. The van der Waals surface area contributed by atoms with Gasteiger partial charge < -0.3 is 63.4 Å². The Hall–Kier alpha value is -5.72. The van der Waals surface area contributed by atoms with Crippen LogP contribution in [0, 0.1) is 30.6 Å². The number of aromatic nitrogens is 1. The second-order valence-corrected chi connectivity index (χ2v) is 19.1. The van der Waals surface area contributed by atoms with Crippen molar-refractivity contribution < 1.29 is 67.7 Å². The van der Waals surface area contributed by atoms with Gasteiger partial charge in [0.25, 0.3) is 11.7 Å². The number of amides is 1. The van der Waals surface area contributed by atoms with Gasteiger partial charge in [-0.15, -0.1) is 0 Å². The number of aromatic hydroxyl groups is 2. The Bertz CT molecular complexity index is 2710. The molecule has 0 fully saturated rings. The molecule has 10 atom stereocenters. The molecule has 0 saturated carbocycles. The van der Waals surface area contributed by atoms with Crippen molar-refractivity contribution in [3.8, 4) is 23.0 Å². The molecule has 0 aliphatic carbocycles. The number of phenolic OH excluding ortho intramolecular Hbond substituents is 2. The fraction of sp³-hybridized carbons (Fsp3) is 0.520. The zero-order valence-corrected chi connectivity index (χ0v) is 40.5. The van der Waals surface area contributed by atoms with Crippen molar-refractivity contribution in [3.63, 3.8) is 0 Å². The molecule has 4 aromatic rings. The van der Waals surface area contributed by atoms with Gasteiger partial charge in [-0.2, -0.15) is 0 Å². The van der Waals surface area contributed by atoms with Gasteiger partial charge in [-0.25, -0.2) is 4.98 Å². The Morgan fingerprint density at radius 1 is 0.970 bits per heavy atom. The van der Waals surface area contributed by atoms with Crippen molar-refractivity contribution in [2.45, 2.75) is 112 Å². The molecule has 0 radical (unpaired) electrons. The first-order chi connectivity index (χ1) is 31.3. The van der Waals surface area contributed by atoms with E-state index >= 15 is 0 Å². The van der Waals surface area contributed by atoms with E-state index in [-0.39, 0.29) is 72.6 Å². The third kappa shape index (κ3) is 9.70. The number of carbonyl (C=O) groups excluding carboxylic acids is 2. The summed E-state index contributed by atoms with van der Waals surface area (Å²) in [5, 5.41) is 61.2. The third-order valence-corrected chi connectivity index (χ3v) is 13.9. The number of esters is 1. The van der Waals surface area contributed by atoms with E-state index in [9.17, 15) is 39.9 Å². The maximum absolute atomic E-state index is 14.4. The second-order valence-electron chi connectivity index (χ2n) is 19.1. The summed E-state index contributed by atoms with van der Waals surface area (Å²) in [6.45, 7) is 17.8. The predicted molar refractivity (Wildman–Crippen MR) is 252 cm³/mol. The van der Waals surface area contributed by atoms with Gasteiger partial charge >= 0.3 is 5.97 Å². The summed E-state index contributed by atoms with van der Waals surface area (Å²) in [7, 11) is 5.61. The Balaban J connectivity index is 1.58. The highest BCUT2D eigenvalue weighted by Crippen LogP contribution is 2.53. The normalized spacial score (nSPS) is 29.4. The predicted octanol–water partition coefficient (Wildman–Crippen LogP) is 6.42. The maximum atomic E-state index is 14.4. The monoisotopic (exact) mass is 932 g/mol. The van der Waals surface area contributed by atoms with Crippen LogP contribution in [0.2, 0.25) is 0 Å². The van der Waals surface area contributed by atoms with Crippen LogP contribution in [0.25, 0.3) is 33.0 Å². The molecule has 3 aromatic carbocycles. The number of rotatable bonds is 7. The smallest absolute Gasteiger partial charge is 0.302 e. The number of ether oxygens (including phenoxy) is 5. The number of carbonyl (C=O) groups is 2. The van der Waals surface area contributed by atoms with Crippen LogP contribution < -0.4 is 20.2 Å². The minimum absolute atomic E-state index is 0.00356. The molecule has 364 valence electrons. The summed E-state index contributed by atoms with van der Waals surface area (Å²) in [6, 6.07) is 3.22. The molecule has 3 heterocycles. The molecule has 2 aliphatic rings. The molecule has 67 heavy (non-hydrogen) atoms. The van der Waals surface area contributed by atoms with E-state index in [1.54, 1.807) is 39.8 Å². The number of hydrogen-bond acceptors (Lipinski definition) is 15. The van der Waals surface area contributed by atoms with Crippen LogP contribution in [0.3, 0.4) is 0 Å². The van der Waals surface area contributed by atoms with Crippen LogP contribution in [-0.4, -0.2) is 117 Å². The number of aliphatic hydroxyl groups is 3. The SMILES string of the molecule is CO[C@H]1/C=C/O[C@@]2(C)Oc3c(C)c(=O)c4c(O)c(c5oc6cc(OCC[N+](C)(C)C(C)C)cc(O)c6nc5c4c3C2O)NC(=O)/C(C)=C\C=C\[C@H](C)[C@H](O)[C@@H](C)[C@@H](O)[C@@H](C)[C@H](OC(C)=O)[C@@H]1C. The van der Waals surface area contributed by atoms with Crippen LogP contribution >= 0.6 is 0 Å². The summed E-state index contributed by atoms with van der Waals surface area (Å²) in [5.74, 6) is -6.52. The van der Waals surface area contributed by atoms with Gasteiger partial charge in [0, 0.05) is 78.8 Å². The summed E-state index contributed by atoms with van der Waals surface area (Å²) in [6.07, 6.45) is 1.94. The first-order valence-corrected chi connectivity index (χ1v) is 22.6. The van der Waals surface area contributed by atoms with E-state index in [2.05, 4.69) is 33.3 Å². The largest absolute Gasteiger partial charge is 0.505 e. The lowest BCUT2D eigenvalue weighted by molar-refractivity contribution is -0.911. The van der Waals surface area contributed by atoms with Crippen molar-refractivity contribution in [2.24, 2.45) is 23.7 Å². The van der Waals surface area contributed by atoms with E-state index in [1.165, 1.54) is 65.4 Å². The number of nitrogens with zero attached hydrogens (tertiary/aromatic N) is 2. The molecule has 1 unspecified atom stereocenters. The number of fused-ring (bicyclic) bond motifs is 2. The molecule has 6 rings (SSSR count). The minimum atomic E-state index is -1.91. The Morgan fingerprint density at radius 2 is 1.66 bits per heavy atom. The maximum Gasteiger partial charge on any atom is 0.302 e. The number of allylic oxidation sites excluding steroid dienone is 2. The molecular formula is C50H66N3O14+. The zero-order valence-electron chi connectivity index (χ0n) is 40.5. The molecule has 0 spiro atoms. The van der Waals surface area contributed by atoms with Gasteiger partial charge in [0.15, 0.2) is 28.4 Å². The molecule has 1 amide bonds. The lowest BCUT2D eigenvalue weighted by Gasteiger charge is -2.38. The van der Waals surface area contributed by atoms with E-state index in [1.807, 2.05) is 0 Å². The number of aliphatic hydroxyl groups excluding tert-OH is 3. The number of quaternary nitrogens is 1. The average Bonchev–Trinajstić information content (AvgIpc) is 3.53. The molecule has 1 aromatic heterocycles. The number of nitrogens with one attached hydrogen (secondary N) is 1. The fourth-order valence-corrected chi connectivity index (χ4v) is 8.76.